The highest BCUT2D eigenvalue weighted by Gasteiger charge is 2.34. The SMILES string of the molecule is Cc1c(C(=O)N2CCN3CCC2CC3)oc2ccccc12.Cl. The van der Waals surface area contributed by atoms with Gasteiger partial charge in [-0.2, -0.15) is 0 Å². The van der Waals surface area contributed by atoms with Gasteiger partial charge in [0.25, 0.3) is 5.91 Å². The van der Waals surface area contributed by atoms with Crippen LogP contribution in [0.15, 0.2) is 28.7 Å². The van der Waals surface area contributed by atoms with Gasteiger partial charge in [0.05, 0.1) is 0 Å². The molecule has 4 heterocycles. The van der Waals surface area contributed by atoms with Gasteiger partial charge in [-0.3, -0.25) is 4.79 Å². The van der Waals surface area contributed by atoms with Gasteiger partial charge in [0.1, 0.15) is 5.58 Å². The van der Waals surface area contributed by atoms with Crippen LogP contribution in [0, 0.1) is 6.92 Å². The minimum Gasteiger partial charge on any atom is -0.451 e. The number of benzene rings is 1. The van der Waals surface area contributed by atoms with Gasteiger partial charge < -0.3 is 14.2 Å². The first-order valence-corrected chi connectivity index (χ1v) is 7.75. The summed E-state index contributed by atoms with van der Waals surface area (Å²) in [6.07, 6.45) is 2.18. The van der Waals surface area contributed by atoms with Crippen molar-refractivity contribution in [3.05, 3.63) is 35.6 Å². The Balaban J connectivity index is 0.00000144. The van der Waals surface area contributed by atoms with Crippen molar-refractivity contribution in [1.29, 1.82) is 0 Å². The van der Waals surface area contributed by atoms with Crippen molar-refractivity contribution in [3.8, 4) is 0 Å². The Kier molecular flexibility index (Phi) is 4.15. The fraction of sp³-hybridized carbons (Fsp3) is 0.471. The third-order valence-electron chi connectivity index (χ3n) is 4.95. The number of hydrogen-bond donors (Lipinski definition) is 0. The lowest BCUT2D eigenvalue weighted by Crippen LogP contribution is -2.41. The molecule has 1 aromatic heterocycles. The normalized spacial score (nSPS) is 24.1. The summed E-state index contributed by atoms with van der Waals surface area (Å²) in [5, 5.41) is 1.05. The van der Waals surface area contributed by atoms with Crippen LogP contribution in [0.1, 0.15) is 29.0 Å². The van der Waals surface area contributed by atoms with Crippen LogP contribution in [0.25, 0.3) is 11.0 Å². The molecule has 0 radical (unpaired) electrons. The molecule has 118 valence electrons. The van der Waals surface area contributed by atoms with Crippen molar-refractivity contribution >= 4 is 29.3 Å². The van der Waals surface area contributed by atoms with Crippen molar-refractivity contribution in [2.24, 2.45) is 0 Å². The fourth-order valence-corrected chi connectivity index (χ4v) is 3.66. The number of hydrogen-bond acceptors (Lipinski definition) is 3. The maximum Gasteiger partial charge on any atom is 0.290 e. The topological polar surface area (TPSA) is 36.7 Å². The van der Waals surface area contributed by atoms with E-state index in [1.807, 2.05) is 36.1 Å². The number of carbonyl (C=O) groups is 1. The van der Waals surface area contributed by atoms with Crippen molar-refractivity contribution in [3.63, 3.8) is 0 Å². The zero-order chi connectivity index (χ0) is 14.4. The Bertz CT molecular complexity index is 689. The van der Waals surface area contributed by atoms with Crippen molar-refractivity contribution in [2.45, 2.75) is 25.8 Å². The molecule has 3 fully saturated rings. The van der Waals surface area contributed by atoms with Crippen molar-refractivity contribution in [2.75, 3.05) is 26.2 Å². The highest BCUT2D eigenvalue weighted by molar-refractivity contribution is 5.99. The van der Waals surface area contributed by atoms with Crippen LogP contribution in [0.3, 0.4) is 0 Å². The molecule has 3 saturated heterocycles. The Hall–Kier alpha value is -1.52. The second kappa shape index (κ2) is 5.94. The number of aryl methyl sites for hydroxylation is 1. The molecule has 0 saturated carbocycles. The van der Waals surface area contributed by atoms with E-state index in [9.17, 15) is 4.79 Å². The summed E-state index contributed by atoms with van der Waals surface area (Å²) in [4.78, 5) is 17.4. The Morgan fingerprint density at radius 3 is 2.59 bits per heavy atom. The van der Waals surface area contributed by atoms with Crippen LogP contribution in [0.2, 0.25) is 0 Å². The summed E-state index contributed by atoms with van der Waals surface area (Å²) in [6.45, 7) is 6.03. The standard InChI is InChI=1S/C17H20N2O2.ClH/c1-12-14-4-2-3-5-15(14)21-16(12)17(20)19-11-10-18-8-6-13(19)7-9-18;/h2-5,13H,6-11H2,1H3;1H. The van der Waals surface area contributed by atoms with Crippen LogP contribution in [-0.4, -0.2) is 47.9 Å². The van der Waals surface area contributed by atoms with Gasteiger partial charge in [0.2, 0.25) is 0 Å². The maximum absolute atomic E-state index is 12.9. The van der Waals surface area contributed by atoms with E-state index in [2.05, 4.69) is 4.90 Å². The molecule has 3 aliphatic rings. The average Bonchev–Trinajstić information content (AvgIpc) is 2.69. The first-order chi connectivity index (χ1) is 10.2. The highest BCUT2D eigenvalue weighted by Crippen LogP contribution is 2.28. The first-order valence-electron chi connectivity index (χ1n) is 7.75. The van der Waals surface area contributed by atoms with E-state index in [1.165, 1.54) is 0 Å². The van der Waals surface area contributed by atoms with Gasteiger partial charge in [-0.05, 0) is 25.8 Å². The highest BCUT2D eigenvalue weighted by atomic mass is 35.5. The Morgan fingerprint density at radius 1 is 1.14 bits per heavy atom. The first kappa shape index (κ1) is 15.4. The Labute approximate surface area is 136 Å². The van der Waals surface area contributed by atoms with Crippen molar-refractivity contribution in [1.82, 2.24) is 9.80 Å². The van der Waals surface area contributed by atoms with E-state index in [-0.39, 0.29) is 18.3 Å². The molecular weight excluding hydrogens is 300 g/mol. The van der Waals surface area contributed by atoms with E-state index in [0.29, 0.717) is 11.8 Å². The molecule has 0 aliphatic carbocycles. The largest absolute Gasteiger partial charge is 0.451 e. The summed E-state index contributed by atoms with van der Waals surface area (Å²) in [5.74, 6) is 0.592. The number of piperidine rings is 1. The van der Waals surface area contributed by atoms with Crippen LogP contribution in [-0.2, 0) is 0 Å². The summed E-state index contributed by atoms with van der Waals surface area (Å²) >= 11 is 0. The number of para-hydroxylation sites is 1. The number of rotatable bonds is 1. The zero-order valence-electron chi connectivity index (χ0n) is 12.7. The molecule has 0 spiro atoms. The van der Waals surface area contributed by atoms with Crippen LogP contribution < -0.4 is 0 Å². The van der Waals surface area contributed by atoms with Gasteiger partial charge in [0, 0.05) is 43.2 Å². The third kappa shape index (κ3) is 2.40. The van der Waals surface area contributed by atoms with Gasteiger partial charge in [-0.25, -0.2) is 0 Å². The molecule has 1 amide bonds. The van der Waals surface area contributed by atoms with Crippen LogP contribution in [0.4, 0.5) is 0 Å². The van der Waals surface area contributed by atoms with Gasteiger partial charge >= 0.3 is 0 Å². The predicted molar refractivity (Wildman–Crippen MR) is 88.7 cm³/mol. The molecule has 0 unspecified atom stereocenters. The van der Waals surface area contributed by atoms with E-state index < -0.39 is 0 Å². The number of amides is 1. The van der Waals surface area contributed by atoms with Gasteiger partial charge in [0.15, 0.2) is 5.76 Å². The molecule has 2 bridgehead atoms. The fourth-order valence-electron chi connectivity index (χ4n) is 3.66. The molecule has 0 N–H and O–H groups in total. The second-order valence-corrected chi connectivity index (χ2v) is 6.12. The summed E-state index contributed by atoms with van der Waals surface area (Å²) in [7, 11) is 0. The summed E-state index contributed by atoms with van der Waals surface area (Å²) in [6, 6.07) is 8.26. The summed E-state index contributed by atoms with van der Waals surface area (Å²) in [5.41, 5.74) is 1.77. The molecule has 5 rings (SSSR count). The number of halogens is 1. The molecule has 2 aromatic rings. The van der Waals surface area contributed by atoms with E-state index in [0.717, 1.165) is 55.6 Å². The minimum absolute atomic E-state index is 0. The van der Waals surface area contributed by atoms with E-state index >= 15 is 0 Å². The molecule has 22 heavy (non-hydrogen) atoms. The average molecular weight is 321 g/mol. The third-order valence-corrected chi connectivity index (χ3v) is 4.95. The van der Waals surface area contributed by atoms with Crippen LogP contribution >= 0.6 is 12.4 Å². The van der Waals surface area contributed by atoms with Gasteiger partial charge in [-0.15, -0.1) is 12.4 Å². The number of nitrogens with zero attached hydrogens (tertiary/aromatic N) is 2. The maximum atomic E-state index is 12.9. The minimum atomic E-state index is 0. The number of carbonyl (C=O) groups excluding carboxylic acids is 1. The Morgan fingerprint density at radius 2 is 1.86 bits per heavy atom. The molecular formula is C17H21ClN2O2. The van der Waals surface area contributed by atoms with Crippen LogP contribution in [0.5, 0.6) is 0 Å². The van der Waals surface area contributed by atoms with E-state index in [1.54, 1.807) is 0 Å². The smallest absolute Gasteiger partial charge is 0.290 e. The second-order valence-electron chi connectivity index (χ2n) is 6.12. The van der Waals surface area contributed by atoms with E-state index in [4.69, 9.17) is 4.42 Å². The van der Waals surface area contributed by atoms with Crippen molar-refractivity contribution < 1.29 is 9.21 Å². The molecule has 5 heteroatoms. The summed E-state index contributed by atoms with van der Waals surface area (Å²) < 4.78 is 5.86. The molecule has 1 aromatic carbocycles. The molecule has 4 nitrogen and oxygen atoms in total. The zero-order valence-corrected chi connectivity index (χ0v) is 13.6. The molecule has 3 aliphatic heterocycles. The monoisotopic (exact) mass is 320 g/mol. The number of fused-ring (bicyclic) bond motifs is 5. The lowest BCUT2D eigenvalue weighted by atomic mass is 10.0. The quantitative estimate of drug-likeness (QED) is 0.810. The lowest BCUT2D eigenvalue weighted by molar-refractivity contribution is 0.0654. The number of furan rings is 1. The molecule has 0 atom stereocenters. The lowest BCUT2D eigenvalue weighted by Gasteiger charge is -2.31. The predicted octanol–water partition coefficient (Wildman–Crippen LogP) is 3.08. The van der Waals surface area contributed by atoms with Gasteiger partial charge in [-0.1, -0.05) is 18.2 Å².